The number of carboxylic acid groups (broad SMARTS) is 1. The van der Waals surface area contributed by atoms with E-state index in [1.807, 2.05) is 43.3 Å². The zero-order valence-corrected chi connectivity index (χ0v) is 17.9. The van der Waals surface area contributed by atoms with E-state index in [4.69, 9.17) is 9.84 Å². The van der Waals surface area contributed by atoms with Crippen LogP contribution in [0.2, 0.25) is 0 Å². The molecule has 3 rings (SSSR count). The van der Waals surface area contributed by atoms with Crippen molar-refractivity contribution in [1.82, 2.24) is 10.6 Å². The van der Waals surface area contributed by atoms with Gasteiger partial charge in [-0.15, -0.1) is 0 Å². The Morgan fingerprint density at radius 2 is 1.62 bits per heavy atom. The number of ether oxygens (including phenoxy) is 1. The minimum atomic E-state index is -1.67. The van der Waals surface area contributed by atoms with Gasteiger partial charge in [-0.1, -0.05) is 61.9 Å². The standard InChI is InChI=1S/C24H28N2O6/c1-2-7-15(12-22(28)25-13-21(27)23(29)30)26-24(31)32-14-20-18-10-5-3-8-16(18)17-9-4-6-11-19(17)20/h3-6,8-11,15,20-21,27H,2,7,12-14H2,1H3,(H,25,28)(H,26,31)(H,29,30)/t15?,21-/m0/s1. The van der Waals surface area contributed by atoms with E-state index in [9.17, 15) is 19.5 Å². The zero-order chi connectivity index (χ0) is 23.1. The van der Waals surface area contributed by atoms with Crippen LogP contribution in [0.3, 0.4) is 0 Å². The summed E-state index contributed by atoms with van der Waals surface area (Å²) in [6.07, 6.45) is -1.02. The van der Waals surface area contributed by atoms with Crippen molar-refractivity contribution >= 4 is 18.0 Å². The van der Waals surface area contributed by atoms with Crippen molar-refractivity contribution in [2.45, 2.75) is 44.2 Å². The normalized spacial score (nSPS) is 14.1. The van der Waals surface area contributed by atoms with Crippen LogP contribution < -0.4 is 10.6 Å². The molecule has 1 unspecified atom stereocenters. The first kappa shape index (κ1) is 23.3. The van der Waals surface area contributed by atoms with Gasteiger partial charge in [-0.25, -0.2) is 9.59 Å². The molecule has 0 heterocycles. The summed E-state index contributed by atoms with van der Waals surface area (Å²) >= 11 is 0. The van der Waals surface area contributed by atoms with Gasteiger partial charge in [0.1, 0.15) is 6.61 Å². The number of hydrogen-bond acceptors (Lipinski definition) is 5. The second-order valence-corrected chi connectivity index (χ2v) is 7.82. The Kier molecular flexibility index (Phi) is 7.83. The van der Waals surface area contributed by atoms with Gasteiger partial charge in [-0.2, -0.15) is 0 Å². The highest BCUT2D eigenvalue weighted by molar-refractivity contribution is 5.80. The third kappa shape index (κ3) is 5.64. The maximum atomic E-state index is 12.5. The van der Waals surface area contributed by atoms with Crippen LogP contribution >= 0.6 is 0 Å². The van der Waals surface area contributed by atoms with Gasteiger partial charge in [0.15, 0.2) is 6.10 Å². The number of aliphatic hydroxyl groups excluding tert-OH is 1. The van der Waals surface area contributed by atoms with Crippen LogP contribution in [0.25, 0.3) is 11.1 Å². The Bertz CT molecular complexity index is 931. The summed E-state index contributed by atoms with van der Waals surface area (Å²) in [6, 6.07) is 15.6. The molecule has 2 aromatic rings. The van der Waals surface area contributed by atoms with E-state index >= 15 is 0 Å². The lowest BCUT2D eigenvalue weighted by Gasteiger charge is -2.19. The maximum absolute atomic E-state index is 12.5. The van der Waals surface area contributed by atoms with Gasteiger partial charge in [-0.3, -0.25) is 4.79 Å². The third-order valence-electron chi connectivity index (χ3n) is 5.51. The number of fused-ring (bicyclic) bond motifs is 3. The van der Waals surface area contributed by atoms with E-state index in [-0.39, 0.29) is 18.9 Å². The first-order valence-electron chi connectivity index (χ1n) is 10.7. The number of rotatable bonds is 10. The van der Waals surface area contributed by atoms with Gasteiger partial charge in [0, 0.05) is 18.4 Å². The molecule has 0 saturated carbocycles. The summed E-state index contributed by atoms with van der Waals surface area (Å²) in [5.74, 6) is -1.92. The van der Waals surface area contributed by atoms with E-state index in [2.05, 4.69) is 22.8 Å². The molecule has 8 heteroatoms. The van der Waals surface area contributed by atoms with Crippen LogP contribution in [-0.4, -0.2) is 53.5 Å². The van der Waals surface area contributed by atoms with Crippen LogP contribution in [0.15, 0.2) is 48.5 Å². The predicted molar refractivity (Wildman–Crippen MR) is 118 cm³/mol. The second-order valence-electron chi connectivity index (χ2n) is 7.82. The lowest BCUT2D eigenvalue weighted by molar-refractivity contribution is -0.146. The summed E-state index contributed by atoms with van der Waals surface area (Å²) in [7, 11) is 0. The van der Waals surface area contributed by atoms with Gasteiger partial charge in [0.25, 0.3) is 0 Å². The fourth-order valence-electron chi connectivity index (χ4n) is 3.97. The maximum Gasteiger partial charge on any atom is 0.407 e. The second kappa shape index (κ2) is 10.8. The molecule has 170 valence electrons. The Balaban J connectivity index is 1.56. The predicted octanol–water partition coefficient (Wildman–Crippen LogP) is 2.65. The van der Waals surface area contributed by atoms with Crippen LogP contribution in [0, 0.1) is 0 Å². The molecule has 2 atom stereocenters. The molecule has 0 aliphatic heterocycles. The van der Waals surface area contributed by atoms with Gasteiger partial charge in [0.05, 0.1) is 6.54 Å². The van der Waals surface area contributed by atoms with Crippen molar-refractivity contribution in [1.29, 1.82) is 0 Å². The molecule has 2 aromatic carbocycles. The highest BCUT2D eigenvalue weighted by Gasteiger charge is 2.29. The Hall–Kier alpha value is -3.39. The lowest BCUT2D eigenvalue weighted by Crippen LogP contribution is -2.42. The van der Waals surface area contributed by atoms with Gasteiger partial charge in [-0.05, 0) is 28.7 Å². The van der Waals surface area contributed by atoms with Gasteiger partial charge in [0.2, 0.25) is 5.91 Å². The molecule has 0 radical (unpaired) electrons. The molecule has 0 saturated heterocycles. The van der Waals surface area contributed by atoms with Gasteiger partial charge >= 0.3 is 12.1 Å². The van der Waals surface area contributed by atoms with Crippen molar-refractivity contribution < 1.29 is 29.3 Å². The number of benzene rings is 2. The average molecular weight is 440 g/mol. The van der Waals surface area contributed by atoms with Gasteiger partial charge < -0.3 is 25.6 Å². The lowest BCUT2D eigenvalue weighted by atomic mass is 9.98. The highest BCUT2D eigenvalue weighted by Crippen LogP contribution is 2.44. The molecular formula is C24H28N2O6. The van der Waals surface area contributed by atoms with E-state index in [1.54, 1.807) is 0 Å². The number of carbonyl (C=O) groups is 3. The highest BCUT2D eigenvalue weighted by atomic mass is 16.5. The molecular weight excluding hydrogens is 412 g/mol. The van der Waals surface area contributed by atoms with E-state index in [1.165, 1.54) is 0 Å². The fourth-order valence-corrected chi connectivity index (χ4v) is 3.97. The summed E-state index contributed by atoms with van der Waals surface area (Å²) in [4.78, 5) is 35.2. The summed E-state index contributed by atoms with van der Waals surface area (Å²) in [6.45, 7) is 1.71. The molecule has 1 aliphatic carbocycles. The summed E-state index contributed by atoms with van der Waals surface area (Å²) < 4.78 is 5.53. The first-order valence-corrected chi connectivity index (χ1v) is 10.7. The van der Waals surface area contributed by atoms with Crippen molar-refractivity contribution in [3.63, 3.8) is 0 Å². The number of amides is 2. The number of carbonyl (C=O) groups excluding carboxylic acids is 2. The number of nitrogens with one attached hydrogen (secondary N) is 2. The minimum absolute atomic E-state index is 0.0373. The summed E-state index contributed by atoms with van der Waals surface area (Å²) in [5.41, 5.74) is 4.51. The average Bonchev–Trinajstić information content (AvgIpc) is 3.10. The number of alkyl carbamates (subject to hydrolysis) is 1. The summed E-state index contributed by atoms with van der Waals surface area (Å²) in [5, 5.41) is 23.0. The van der Waals surface area contributed by atoms with Crippen molar-refractivity contribution in [2.24, 2.45) is 0 Å². The molecule has 1 aliphatic rings. The Labute approximate surface area is 186 Å². The van der Waals surface area contributed by atoms with Crippen molar-refractivity contribution in [2.75, 3.05) is 13.2 Å². The number of carboxylic acids is 1. The molecule has 0 aromatic heterocycles. The SMILES string of the molecule is CCCC(CC(=O)NC[C@H](O)C(=O)O)NC(=O)OCC1c2ccccc2-c2ccccc21. The smallest absolute Gasteiger partial charge is 0.407 e. The molecule has 0 bridgehead atoms. The number of aliphatic hydroxyl groups is 1. The van der Waals surface area contributed by atoms with E-state index in [0.29, 0.717) is 6.42 Å². The Morgan fingerprint density at radius 3 is 2.19 bits per heavy atom. The molecule has 8 nitrogen and oxygen atoms in total. The van der Waals surface area contributed by atoms with Crippen molar-refractivity contribution in [3.05, 3.63) is 59.7 Å². The number of aliphatic carboxylic acids is 1. The molecule has 0 fully saturated rings. The molecule has 32 heavy (non-hydrogen) atoms. The quantitative estimate of drug-likeness (QED) is 0.450. The van der Waals surface area contributed by atoms with E-state index < -0.39 is 36.7 Å². The molecule has 4 N–H and O–H groups in total. The van der Waals surface area contributed by atoms with Crippen molar-refractivity contribution in [3.8, 4) is 11.1 Å². The van der Waals surface area contributed by atoms with Crippen LogP contribution in [0.1, 0.15) is 43.2 Å². The van der Waals surface area contributed by atoms with Crippen LogP contribution in [-0.2, 0) is 14.3 Å². The van der Waals surface area contributed by atoms with E-state index in [0.717, 1.165) is 28.7 Å². The number of hydrogen-bond donors (Lipinski definition) is 4. The van der Waals surface area contributed by atoms with Crippen LogP contribution in [0.5, 0.6) is 0 Å². The fraction of sp³-hybridized carbons (Fsp3) is 0.375. The molecule has 2 amide bonds. The zero-order valence-electron chi connectivity index (χ0n) is 17.9. The van der Waals surface area contributed by atoms with Crippen LogP contribution in [0.4, 0.5) is 4.79 Å². The molecule has 0 spiro atoms. The first-order chi connectivity index (χ1) is 15.4. The minimum Gasteiger partial charge on any atom is -0.479 e. The Morgan fingerprint density at radius 1 is 1.03 bits per heavy atom. The largest absolute Gasteiger partial charge is 0.479 e. The third-order valence-corrected chi connectivity index (χ3v) is 5.51. The topological polar surface area (TPSA) is 125 Å². The monoisotopic (exact) mass is 440 g/mol.